The minimum Gasteiger partial charge on any atom is -0.478 e. The molecule has 0 unspecified atom stereocenters. The first-order valence-corrected chi connectivity index (χ1v) is 7.89. The van der Waals surface area contributed by atoms with Crippen LogP contribution in [0.2, 0.25) is 0 Å². The molecular formula is C15H22N2O3S. The molecule has 0 saturated carbocycles. The third kappa shape index (κ3) is 6.55. The molecule has 0 aromatic carbocycles. The Morgan fingerprint density at radius 2 is 2.05 bits per heavy atom. The lowest BCUT2D eigenvalue weighted by Gasteiger charge is -2.17. The van der Waals surface area contributed by atoms with Crippen LogP contribution in [-0.4, -0.2) is 48.1 Å². The zero-order valence-corrected chi connectivity index (χ0v) is 13.3. The topological polar surface area (TPSA) is 69.6 Å². The first kappa shape index (κ1) is 17.4. The van der Waals surface area contributed by atoms with Crippen molar-refractivity contribution in [2.45, 2.75) is 20.3 Å². The first-order chi connectivity index (χ1) is 10.1. The summed E-state index contributed by atoms with van der Waals surface area (Å²) in [7, 11) is 0. The summed E-state index contributed by atoms with van der Waals surface area (Å²) in [5.74, 6) is -1.10. The number of thiophene rings is 1. The summed E-state index contributed by atoms with van der Waals surface area (Å²) in [4.78, 5) is 26.0. The van der Waals surface area contributed by atoms with Crippen molar-refractivity contribution in [2.24, 2.45) is 0 Å². The van der Waals surface area contributed by atoms with Crippen molar-refractivity contribution < 1.29 is 14.7 Å². The van der Waals surface area contributed by atoms with E-state index in [-0.39, 0.29) is 5.91 Å². The van der Waals surface area contributed by atoms with Gasteiger partial charge in [0.2, 0.25) is 0 Å². The van der Waals surface area contributed by atoms with E-state index in [4.69, 9.17) is 5.11 Å². The first-order valence-electron chi connectivity index (χ1n) is 7.08. The van der Waals surface area contributed by atoms with Crippen molar-refractivity contribution in [1.82, 2.24) is 10.2 Å². The fourth-order valence-corrected chi connectivity index (χ4v) is 2.68. The number of nitrogens with zero attached hydrogens (tertiary/aromatic N) is 1. The number of carbonyl (C=O) groups is 2. The maximum Gasteiger partial charge on any atom is 0.328 e. The van der Waals surface area contributed by atoms with Crippen molar-refractivity contribution in [3.63, 3.8) is 0 Å². The predicted octanol–water partition coefficient (Wildman–Crippen LogP) is 2.31. The van der Waals surface area contributed by atoms with E-state index in [1.54, 1.807) is 12.1 Å². The number of carbonyl (C=O) groups excluding carboxylic acids is 1. The SMILES string of the molecule is CCN(CC)CCCNC(=O)c1ccc(C=CC(=O)O)s1. The van der Waals surface area contributed by atoms with Crippen LogP contribution in [-0.2, 0) is 4.79 Å². The number of carboxylic acid groups (broad SMARTS) is 1. The normalized spacial score (nSPS) is 11.2. The van der Waals surface area contributed by atoms with E-state index in [1.807, 2.05) is 0 Å². The average Bonchev–Trinajstić information content (AvgIpc) is 2.94. The van der Waals surface area contributed by atoms with Crippen molar-refractivity contribution in [3.05, 3.63) is 28.0 Å². The molecule has 0 atom stereocenters. The summed E-state index contributed by atoms with van der Waals surface area (Å²) < 4.78 is 0. The molecule has 1 aromatic rings. The van der Waals surface area contributed by atoms with Gasteiger partial charge < -0.3 is 15.3 Å². The number of nitrogens with one attached hydrogen (secondary N) is 1. The minimum absolute atomic E-state index is 0.102. The Bertz CT molecular complexity index is 493. The number of rotatable bonds is 9. The maximum atomic E-state index is 11.9. The van der Waals surface area contributed by atoms with Crippen molar-refractivity contribution in [2.75, 3.05) is 26.2 Å². The van der Waals surface area contributed by atoms with Crippen LogP contribution in [0, 0.1) is 0 Å². The van der Waals surface area contributed by atoms with Crippen molar-refractivity contribution in [1.29, 1.82) is 0 Å². The molecule has 0 aliphatic carbocycles. The van der Waals surface area contributed by atoms with Crippen LogP contribution >= 0.6 is 11.3 Å². The van der Waals surface area contributed by atoms with Crippen LogP contribution in [0.4, 0.5) is 0 Å². The van der Waals surface area contributed by atoms with Crippen LogP contribution in [0.5, 0.6) is 0 Å². The van der Waals surface area contributed by atoms with E-state index in [1.165, 1.54) is 17.4 Å². The molecule has 0 aliphatic heterocycles. The van der Waals surface area contributed by atoms with Gasteiger partial charge in [-0.25, -0.2) is 4.79 Å². The molecule has 1 aromatic heterocycles. The molecule has 0 aliphatic rings. The highest BCUT2D eigenvalue weighted by Crippen LogP contribution is 2.17. The van der Waals surface area contributed by atoms with E-state index in [9.17, 15) is 9.59 Å². The standard InChI is InChI=1S/C15H22N2O3S/c1-3-17(4-2)11-5-10-16-15(20)13-8-6-12(21-13)7-9-14(18)19/h6-9H,3-5,10-11H2,1-2H3,(H,16,20)(H,18,19). The summed E-state index contributed by atoms with van der Waals surface area (Å²) in [6, 6.07) is 3.46. The van der Waals surface area contributed by atoms with Gasteiger partial charge in [0.05, 0.1) is 4.88 Å². The second-order valence-corrected chi connectivity index (χ2v) is 5.63. The third-order valence-corrected chi connectivity index (χ3v) is 4.12. The molecule has 6 heteroatoms. The molecule has 1 rings (SSSR count). The third-order valence-electron chi connectivity index (χ3n) is 3.07. The van der Waals surface area contributed by atoms with Crippen LogP contribution in [0.25, 0.3) is 6.08 Å². The molecule has 116 valence electrons. The zero-order valence-electron chi connectivity index (χ0n) is 12.5. The molecule has 5 nitrogen and oxygen atoms in total. The number of hydrogen-bond acceptors (Lipinski definition) is 4. The Balaban J connectivity index is 2.37. The van der Waals surface area contributed by atoms with Gasteiger partial charge in [0.1, 0.15) is 0 Å². The van der Waals surface area contributed by atoms with E-state index in [2.05, 4.69) is 24.1 Å². The molecule has 0 bridgehead atoms. The fraction of sp³-hybridized carbons (Fsp3) is 0.467. The van der Waals surface area contributed by atoms with Gasteiger partial charge in [0, 0.05) is 17.5 Å². The van der Waals surface area contributed by atoms with Gasteiger partial charge in [0.25, 0.3) is 5.91 Å². The van der Waals surface area contributed by atoms with E-state index >= 15 is 0 Å². The second kappa shape index (κ2) is 9.31. The second-order valence-electron chi connectivity index (χ2n) is 4.51. The summed E-state index contributed by atoms with van der Waals surface area (Å²) in [6.45, 7) is 7.92. The summed E-state index contributed by atoms with van der Waals surface area (Å²) in [5.41, 5.74) is 0. The Morgan fingerprint density at radius 1 is 1.33 bits per heavy atom. The van der Waals surface area contributed by atoms with Gasteiger partial charge in [-0.3, -0.25) is 4.79 Å². The largest absolute Gasteiger partial charge is 0.478 e. The molecular weight excluding hydrogens is 288 g/mol. The van der Waals surface area contributed by atoms with Crippen LogP contribution in [0.3, 0.4) is 0 Å². The molecule has 0 radical (unpaired) electrons. The smallest absolute Gasteiger partial charge is 0.328 e. The monoisotopic (exact) mass is 310 g/mol. The van der Waals surface area contributed by atoms with Crippen LogP contribution < -0.4 is 5.32 Å². The van der Waals surface area contributed by atoms with E-state index in [0.717, 1.165) is 37.0 Å². The quantitative estimate of drug-likeness (QED) is 0.542. The number of carboxylic acids is 1. The predicted molar refractivity (Wildman–Crippen MR) is 85.7 cm³/mol. The number of aliphatic carboxylic acids is 1. The lowest BCUT2D eigenvalue weighted by atomic mass is 10.3. The fourth-order valence-electron chi connectivity index (χ4n) is 1.85. The lowest BCUT2D eigenvalue weighted by molar-refractivity contribution is -0.131. The summed E-state index contributed by atoms with van der Waals surface area (Å²) in [6.07, 6.45) is 3.48. The zero-order chi connectivity index (χ0) is 15.7. The maximum absolute atomic E-state index is 11.9. The summed E-state index contributed by atoms with van der Waals surface area (Å²) in [5, 5.41) is 11.4. The Hall–Kier alpha value is -1.66. The van der Waals surface area contributed by atoms with Gasteiger partial charge in [-0.05, 0) is 44.3 Å². The van der Waals surface area contributed by atoms with Gasteiger partial charge >= 0.3 is 5.97 Å². The molecule has 0 spiro atoms. The van der Waals surface area contributed by atoms with Gasteiger partial charge in [0.15, 0.2) is 0 Å². The van der Waals surface area contributed by atoms with Gasteiger partial charge in [-0.15, -0.1) is 11.3 Å². The Kier molecular flexibility index (Phi) is 7.71. The number of amides is 1. The summed E-state index contributed by atoms with van der Waals surface area (Å²) >= 11 is 1.28. The molecule has 1 heterocycles. The van der Waals surface area contributed by atoms with E-state index in [0.29, 0.717) is 11.4 Å². The average molecular weight is 310 g/mol. The minimum atomic E-state index is -0.995. The van der Waals surface area contributed by atoms with Gasteiger partial charge in [-0.1, -0.05) is 13.8 Å². The molecule has 21 heavy (non-hydrogen) atoms. The van der Waals surface area contributed by atoms with E-state index < -0.39 is 5.97 Å². The highest BCUT2D eigenvalue weighted by molar-refractivity contribution is 7.14. The molecule has 0 fully saturated rings. The molecule has 0 saturated heterocycles. The van der Waals surface area contributed by atoms with Crippen molar-refractivity contribution >= 4 is 29.3 Å². The molecule has 2 N–H and O–H groups in total. The van der Waals surface area contributed by atoms with Crippen molar-refractivity contribution in [3.8, 4) is 0 Å². The number of hydrogen-bond donors (Lipinski definition) is 2. The highest BCUT2D eigenvalue weighted by atomic mass is 32.1. The molecule has 1 amide bonds. The highest BCUT2D eigenvalue weighted by Gasteiger charge is 2.08. The van der Waals surface area contributed by atoms with Crippen LogP contribution in [0.1, 0.15) is 34.8 Å². The van der Waals surface area contributed by atoms with Crippen LogP contribution in [0.15, 0.2) is 18.2 Å². The lowest BCUT2D eigenvalue weighted by Crippen LogP contribution is -2.29. The Labute approximate surface area is 129 Å². The van der Waals surface area contributed by atoms with Gasteiger partial charge in [-0.2, -0.15) is 0 Å². The Morgan fingerprint density at radius 3 is 2.67 bits per heavy atom.